The highest BCUT2D eigenvalue weighted by molar-refractivity contribution is 5.69. The quantitative estimate of drug-likeness (QED) is 0.0649. The summed E-state index contributed by atoms with van der Waals surface area (Å²) < 4.78 is 5.41. The maximum absolute atomic E-state index is 11.9. The molecular formula is C35H68O4. The minimum atomic E-state index is -0.672. The van der Waals surface area contributed by atoms with Gasteiger partial charge in [-0.05, 0) is 19.3 Å². The Kier molecular flexibility index (Phi) is 32.2. The number of unbranched alkanes of at least 4 members (excludes halogenated alkanes) is 27. The van der Waals surface area contributed by atoms with Gasteiger partial charge < -0.3 is 9.84 Å². The van der Waals surface area contributed by atoms with E-state index >= 15 is 0 Å². The molecule has 0 spiro atoms. The number of ether oxygens (including phenoxy) is 1. The molecule has 232 valence electrons. The number of carbonyl (C=O) groups is 2. The summed E-state index contributed by atoms with van der Waals surface area (Å²) in [5.41, 5.74) is 0. The first-order chi connectivity index (χ1) is 19.2. The Morgan fingerprint density at radius 3 is 1.03 bits per heavy atom. The van der Waals surface area contributed by atoms with Crippen LogP contribution in [0.25, 0.3) is 0 Å². The fourth-order valence-corrected chi connectivity index (χ4v) is 5.40. The van der Waals surface area contributed by atoms with Crippen LogP contribution in [0.4, 0.5) is 0 Å². The van der Waals surface area contributed by atoms with Crippen molar-refractivity contribution in [1.29, 1.82) is 0 Å². The zero-order valence-electron chi connectivity index (χ0n) is 26.3. The lowest BCUT2D eigenvalue weighted by Crippen LogP contribution is -2.05. The lowest BCUT2D eigenvalue weighted by atomic mass is 10.0. The van der Waals surface area contributed by atoms with E-state index in [1.807, 2.05) is 0 Å². The predicted molar refractivity (Wildman–Crippen MR) is 167 cm³/mol. The summed E-state index contributed by atoms with van der Waals surface area (Å²) in [4.78, 5) is 22.4. The van der Waals surface area contributed by atoms with Gasteiger partial charge in [-0.25, -0.2) is 0 Å². The number of carboxylic acids is 1. The van der Waals surface area contributed by atoms with Crippen molar-refractivity contribution in [3.05, 3.63) is 0 Å². The lowest BCUT2D eigenvalue weighted by molar-refractivity contribution is -0.144. The van der Waals surface area contributed by atoms with Crippen LogP contribution in [-0.4, -0.2) is 23.7 Å². The number of rotatable bonds is 33. The van der Waals surface area contributed by atoms with Crippen LogP contribution in [0.2, 0.25) is 0 Å². The second-order valence-corrected chi connectivity index (χ2v) is 12.0. The second-order valence-electron chi connectivity index (χ2n) is 12.0. The van der Waals surface area contributed by atoms with Crippen LogP contribution in [0.3, 0.4) is 0 Å². The largest absolute Gasteiger partial charge is 0.481 e. The van der Waals surface area contributed by atoms with E-state index in [1.165, 1.54) is 148 Å². The molecular weight excluding hydrogens is 484 g/mol. The fourth-order valence-electron chi connectivity index (χ4n) is 5.40. The van der Waals surface area contributed by atoms with Gasteiger partial charge >= 0.3 is 11.9 Å². The van der Waals surface area contributed by atoms with E-state index < -0.39 is 5.97 Å². The highest BCUT2D eigenvalue weighted by Gasteiger charge is 2.03. The Hall–Kier alpha value is -1.06. The minimum absolute atomic E-state index is 0.00100. The fraction of sp³-hybridized carbons (Fsp3) is 0.943. The van der Waals surface area contributed by atoms with Crippen LogP contribution >= 0.6 is 0 Å². The Labute approximate surface area is 243 Å². The van der Waals surface area contributed by atoms with Crippen molar-refractivity contribution < 1.29 is 19.4 Å². The van der Waals surface area contributed by atoms with E-state index in [0.717, 1.165) is 38.5 Å². The van der Waals surface area contributed by atoms with Crippen LogP contribution in [0.5, 0.6) is 0 Å². The molecule has 39 heavy (non-hydrogen) atoms. The number of hydrogen-bond donors (Lipinski definition) is 1. The summed E-state index contributed by atoms with van der Waals surface area (Å²) in [6.07, 6.45) is 38.2. The van der Waals surface area contributed by atoms with Crippen molar-refractivity contribution in [1.82, 2.24) is 0 Å². The Bertz CT molecular complexity index is 505. The molecule has 0 saturated carbocycles. The summed E-state index contributed by atoms with van der Waals surface area (Å²) in [6, 6.07) is 0. The van der Waals surface area contributed by atoms with E-state index in [4.69, 9.17) is 9.84 Å². The highest BCUT2D eigenvalue weighted by atomic mass is 16.5. The molecule has 0 heterocycles. The molecule has 0 bridgehead atoms. The Morgan fingerprint density at radius 2 is 0.692 bits per heavy atom. The number of hydrogen-bond acceptors (Lipinski definition) is 3. The van der Waals surface area contributed by atoms with E-state index in [9.17, 15) is 9.59 Å². The van der Waals surface area contributed by atoms with Crippen molar-refractivity contribution in [2.45, 2.75) is 206 Å². The van der Waals surface area contributed by atoms with Gasteiger partial charge in [-0.15, -0.1) is 0 Å². The first kappa shape index (κ1) is 37.9. The molecule has 1 N–H and O–H groups in total. The van der Waals surface area contributed by atoms with Gasteiger partial charge in [0.1, 0.15) is 0 Å². The summed E-state index contributed by atoms with van der Waals surface area (Å²) in [6.45, 7) is 2.88. The van der Waals surface area contributed by atoms with Crippen molar-refractivity contribution in [2.24, 2.45) is 0 Å². The highest BCUT2D eigenvalue weighted by Crippen LogP contribution is 2.15. The van der Waals surface area contributed by atoms with E-state index in [-0.39, 0.29) is 5.97 Å². The Morgan fingerprint density at radius 1 is 0.410 bits per heavy atom. The number of aliphatic carboxylic acids is 1. The van der Waals surface area contributed by atoms with Crippen molar-refractivity contribution >= 4 is 11.9 Å². The maximum Gasteiger partial charge on any atom is 0.305 e. The maximum atomic E-state index is 11.9. The smallest absolute Gasteiger partial charge is 0.305 e. The molecule has 4 nitrogen and oxygen atoms in total. The molecule has 0 aliphatic carbocycles. The van der Waals surface area contributed by atoms with Crippen LogP contribution in [0.1, 0.15) is 206 Å². The zero-order valence-corrected chi connectivity index (χ0v) is 26.3. The van der Waals surface area contributed by atoms with Gasteiger partial charge in [-0.3, -0.25) is 9.59 Å². The molecule has 0 saturated heterocycles. The van der Waals surface area contributed by atoms with Gasteiger partial charge in [0.2, 0.25) is 0 Å². The zero-order chi connectivity index (χ0) is 28.5. The number of esters is 1. The molecule has 0 aliphatic rings. The van der Waals surface area contributed by atoms with Crippen LogP contribution < -0.4 is 0 Å². The lowest BCUT2D eigenvalue weighted by Gasteiger charge is -2.06. The predicted octanol–water partition coefficient (Wildman–Crippen LogP) is 11.7. The summed E-state index contributed by atoms with van der Waals surface area (Å²) in [5.74, 6) is -0.673. The monoisotopic (exact) mass is 553 g/mol. The van der Waals surface area contributed by atoms with Crippen molar-refractivity contribution in [3.8, 4) is 0 Å². The minimum Gasteiger partial charge on any atom is -0.481 e. The van der Waals surface area contributed by atoms with Crippen LogP contribution in [0, 0.1) is 0 Å². The third-order valence-electron chi connectivity index (χ3n) is 8.03. The van der Waals surface area contributed by atoms with Crippen LogP contribution in [-0.2, 0) is 14.3 Å². The topological polar surface area (TPSA) is 63.6 Å². The molecule has 4 heteroatoms. The molecule has 0 atom stereocenters. The third kappa shape index (κ3) is 34.9. The average molecular weight is 553 g/mol. The molecule has 0 aromatic heterocycles. The first-order valence-corrected chi connectivity index (χ1v) is 17.5. The second kappa shape index (κ2) is 33.1. The van der Waals surface area contributed by atoms with Gasteiger partial charge in [0.25, 0.3) is 0 Å². The van der Waals surface area contributed by atoms with Gasteiger partial charge in [0, 0.05) is 12.8 Å². The molecule has 0 fully saturated rings. The van der Waals surface area contributed by atoms with E-state index in [2.05, 4.69) is 6.92 Å². The van der Waals surface area contributed by atoms with Crippen molar-refractivity contribution in [3.63, 3.8) is 0 Å². The van der Waals surface area contributed by atoms with E-state index in [1.54, 1.807) is 0 Å². The SMILES string of the molecule is CCCCCCCCCCCCCCCCCCCC(=O)OCCCCCCCCCCCCCCC(=O)O. The van der Waals surface area contributed by atoms with Gasteiger partial charge in [0.15, 0.2) is 0 Å². The molecule has 0 aromatic rings. The molecule has 0 amide bonds. The molecule has 0 radical (unpaired) electrons. The number of carbonyl (C=O) groups excluding carboxylic acids is 1. The normalized spacial score (nSPS) is 11.2. The standard InChI is InChI=1S/C35H68O4/c1-2-3-4-5-6-7-8-9-10-11-12-13-17-20-23-26-29-32-35(38)39-33-30-27-24-21-18-15-14-16-19-22-25-28-31-34(36)37/h2-33H2,1H3,(H,36,37). The van der Waals surface area contributed by atoms with Gasteiger partial charge in [0.05, 0.1) is 6.61 Å². The van der Waals surface area contributed by atoms with Crippen molar-refractivity contribution in [2.75, 3.05) is 6.61 Å². The molecule has 0 rings (SSSR count). The first-order valence-electron chi connectivity index (χ1n) is 17.5. The summed E-state index contributed by atoms with van der Waals surface area (Å²) >= 11 is 0. The molecule has 0 aliphatic heterocycles. The average Bonchev–Trinajstić information content (AvgIpc) is 2.92. The van der Waals surface area contributed by atoms with E-state index in [0.29, 0.717) is 19.4 Å². The van der Waals surface area contributed by atoms with Gasteiger partial charge in [-0.2, -0.15) is 0 Å². The van der Waals surface area contributed by atoms with Crippen LogP contribution in [0.15, 0.2) is 0 Å². The number of carboxylic acid groups (broad SMARTS) is 1. The summed E-state index contributed by atoms with van der Waals surface area (Å²) in [7, 11) is 0. The molecule has 0 unspecified atom stereocenters. The van der Waals surface area contributed by atoms with Gasteiger partial charge in [-0.1, -0.05) is 174 Å². The Balaban J connectivity index is 3.15. The molecule has 0 aromatic carbocycles. The third-order valence-corrected chi connectivity index (χ3v) is 8.03. The summed E-state index contributed by atoms with van der Waals surface area (Å²) in [5, 5.41) is 8.62.